The summed E-state index contributed by atoms with van der Waals surface area (Å²) < 4.78 is 0. The second kappa shape index (κ2) is 12.8. The van der Waals surface area contributed by atoms with Crippen molar-refractivity contribution in [2.24, 2.45) is 0 Å². The number of rotatable bonds is 12. The van der Waals surface area contributed by atoms with Crippen LogP contribution in [0.1, 0.15) is 96.3 Å². The van der Waals surface area contributed by atoms with Crippen molar-refractivity contribution in [1.82, 2.24) is 0 Å². The Kier molecular flexibility index (Phi) is 11.1. The summed E-state index contributed by atoms with van der Waals surface area (Å²) in [6, 6.07) is 1.90. The minimum Gasteiger partial charge on any atom is -0.504 e. The lowest BCUT2D eigenvalue weighted by Gasteiger charge is -2.23. The van der Waals surface area contributed by atoms with Gasteiger partial charge in [-0.1, -0.05) is 41.0 Å². The molecule has 0 amide bonds. The number of allylic oxidation sites excluding steroid dienone is 6. The van der Waals surface area contributed by atoms with Gasteiger partial charge in [0.1, 0.15) is 0 Å². The minimum atomic E-state index is -0.758. The topological polar surface area (TPSA) is 60.7 Å². The molecular weight excluding hydrogens is 384 g/mol. The predicted molar refractivity (Wildman–Crippen MR) is 133 cm³/mol. The van der Waals surface area contributed by atoms with Crippen molar-refractivity contribution in [3.63, 3.8) is 0 Å². The molecule has 174 valence electrons. The molecule has 1 atom stereocenters. The molecule has 3 nitrogen and oxygen atoms in total. The lowest BCUT2D eigenvalue weighted by Crippen LogP contribution is -2.24. The van der Waals surface area contributed by atoms with Gasteiger partial charge >= 0.3 is 0 Å². The SMILES string of the molecule is CC(C)=CCCC(C)=CCCC(C)=CCCC(C)(O)CCc1cc(C)c(O)c(O)c1C. The van der Waals surface area contributed by atoms with Crippen LogP contribution in [-0.4, -0.2) is 20.9 Å². The maximum absolute atomic E-state index is 10.8. The van der Waals surface area contributed by atoms with E-state index in [1.807, 2.05) is 19.9 Å². The fourth-order valence-electron chi connectivity index (χ4n) is 3.71. The normalized spacial score (nSPS) is 14.5. The van der Waals surface area contributed by atoms with Crippen LogP contribution in [0.2, 0.25) is 0 Å². The molecule has 1 aromatic rings. The third kappa shape index (κ3) is 10.2. The molecule has 31 heavy (non-hydrogen) atoms. The van der Waals surface area contributed by atoms with E-state index in [-0.39, 0.29) is 11.5 Å². The summed E-state index contributed by atoms with van der Waals surface area (Å²) in [5, 5.41) is 30.7. The van der Waals surface area contributed by atoms with Gasteiger partial charge in [-0.15, -0.1) is 0 Å². The number of hydrogen-bond acceptors (Lipinski definition) is 3. The second-order valence-electron chi connectivity index (χ2n) is 9.67. The number of phenols is 2. The molecular formula is C28H44O3. The molecule has 1 aromatic carbocycles. The molecule has 3 N–H and O–H groups in total. The van der Waals surface area contributed by atoms with Gasteiger partial charge in [-0.3, -0.25) is 0 Å². The molecule has 0 radical (unpaired) electrons. The maximum Gasteiger partial charge on any atom is 0.160 e. The molecule has 0 aliphatic rings. The first-order valence-electron chi connectivity index (χ1n) is 11.6. The maximum atomic E-state index is 10.8. The predicted octanol–water partition coefficient (Wildman–Crippen LogP) is 7.60. The van der Waals surface area contributed by atoms with E-state index < -0.39 is 5.60 Å². The van der Waals surface area contributed by atoms with Gasteiger partial charge in [0.2, 0.25) is 0 Å². The van der Waals surface area contributed by atoms with E-state index in [1.54, 1.807) is 6.92 Å². The Hall–Kier alpha value is -2.00. The standard InChI is InChI=1S/C28H44O3/c1-20(2)11-8-12-21(3)13-9-14-22(4)15-10-17-28(7,31)18-16-25-19-23(5)26(29)27(30)24(25)6/h11,13,15,19,29-31H,8-10,12,14,16-18H2,1-7H3. The van der Waals surface area contributed by atoms with Crippen molar-refractivity contribution in [2.45, 2.75) is 105 Å². The fourth-order valence-corrected chi connectivity index (χ4v) is 3.71. The van der Waals surface area contributed by atoms with Gasteiger partial charge in [0.15, 0.2) is 11.5 Å². The molecule has 0 fully saturated rings. The second-order valence-corrected chi connectivity index (χ2v) is 9.67. The van der Waals surface area contributed by atoms with Gasteiger partial charge in [0.05, 0.1) is 5.60 Å². The van der Waals surface area contributed by atoms with Crippen LogP contribution in [0, 0.1) is 13.8 Å². The number of aliphatic hydroxyl groups is 1. The Morgan fingerprint density at radius 2 is 1.39 bits per heavy atom. The van der Waals surface area contributed by atoms with E-state index >= 15 is 0 Å². The van der Waals surface area contributed by atoms with Crippen molar-refractivity contribution < 1.29 is 15.3 Å². The summed E-state index contributed by atoms with van der Waals surface area (Å²) >= 11 is 0. The van der Waals surface area contributed by atoms with E-state index in [9.17, 15) is 15.3 Å². The number of phenolic OH excluding ortho intramolecular Hbond substituents is 2. The highest BCUT2D eigenvalue weighted by Gasteiger charge is 2.21. The molecule has 0 aliphatic heterocycles. The molecule has 0 aliphatic carbocycles. The van der Waals surface area contributed by atoms with Crippen LogP contribution in [0.3, 0.4) is 0 Å². The Morgan fingerprint density at radius 3 is 1.97 bits per heavy atom. The smallest absolute Gasteiger partial charge is 0.160 e. The highest BCUT2D eigenvalue weighted by molar-refractivity contribution is 5.52. The van der Waals surface area contributed by atoms with Crippen molar-refractivity contribution in [3.05, 3.63) is 57.7 Å². The zero-order chi connectivity index (χ0) is 23.6. The number of hydrogen-bond donors (Lipinski definition) is 3. The minimum absolute atomic E-state index is 0.0468. The Labute approximate surface area is 190 Å². The monoisotopic (exact) mass is 428 g/mol. The van der Waals surface area contributed by atoms with Gasteiger partial charge in [0, 0.05) is 0 Å². The number of aromatic hydroxyl groups is 2. The number of aryl methyl sites for hydroxylation is 2. The Morgan fingerprint density at radius 1 is 0.839 bits per heavy atom. The molecule has 1 rings (SSSR count). The van der Waals surface area contributed by atoms with Crippen molar-refractivity contribution in [2.75, 3.05) is 0 Å². The average Bonchev–Trinajstić information content (AvgIpc) is 2.67. The van der Waals surface area contributed by atoms with Crippen LogP contribution >= 0.6 is 0 Å². The van der Waals surface area contributed by atoms with E-state index in [1.165, 1.54) is 16.7 Å². The summed E-state index contributed by atoms with van der Waals surface area (Å²) in [6.07, 6.45) is 14.2. The lowest BCUT2D eigenvalue weighted by molar-refractivity contribution is 0.0432. The van der Waals surface area contributed by atoms with E-state index in [4.69, 9.17) is 0 Å². The molecule has 0 aromatic heterocycles. The highest BCUT2D eigenvalue weighted by atomic mass is 16.3. The van der Waals surface area contributed by atoms with Crippen LogP contribution in [0.4, 0.5) is 0 Å². The third-order valence-electron chi connectivity index (χ3n) is 6.06. The summed E-state index contributed by atoms with van der Waals surface area (Å²) in [4.78, 5) is 0. The average molecular weight is 429 g/mol. The molecule has 0 saturated carbocycles. The molecule has 0 bridgehead atoms. The summed E-state index contributed by atoms with van der Waals surface area (Å²) in [6.45, 7) is 14.1. The van der Waals surface area contributed by atoms with Crippen LogP contribution in [-0.2, 0) is 6.42 Å². The largest absolute Gasteiger partial charge is 0.504 e. The first kappa shape index (κ1) is 27.0. The van der Waals surface area contributed by atoms with E-state index in [0.29, 0.717) is 30.4 Å². The van der Waals surface area contributed by atoms with Crippen molar-refractivity contribution >= 4 is 0 Å². The fraction of sp³-hybridized carbons (Fsp3) is 0.571. The third-order valence-corrected chi connectivity index (χ3v) is 6.06. The van der Waals surface area contributed by atoms with E-state index in [2.05, 4.69) is 45.9 Å². The zero-order valence-corrected chi connectivity index (χ0v) is 20.8. The van der Waals surface area contributed by atoms with Crippen LogP contribution in [0.5, 0.6) is 11.5 Å². The molecule has 0 saturated heterocycles. The summed E-state index contributed by atoms with van der Waals surface area (Å²) in [5.74, 6) is -0.0963. The Bertz CT molecular complexity index is 806. The van der Waals surface area contributed by atoms with E-state index in [0.717, 1.165) is 37.7 Å². The first-order chi connectivity index (χ1) is 14.4. The quantitative estimate of drug-likeness (QED) is 0.237. The van der Waals surface area contributed by atoms with Crippen LogP contribution in [0.25, 0.3) is 0 Å². The van der Waals surface area contributed by atoms with Crippen molar-refractivity contribution in [1.29, 1.82) is 0 Å². The van der Waals surface area contributed by atoms with Gasteiger partial charge < -0.3 is 15.3 Å². The first-order valence-corrected chi connectivity index (χ1v) is 11.6. The van der Waals surface area contributed by atoms with Gasteiger partial charge in [-0.2, -0.15) is 0 Å². The summed E-state index contributed by atoms with van der Waals surface area (Å²) in [7, 11) is 0. The Balaban J connectivity index is 2.46. The molecule has 0 spiro atoms. The van der Waals surface area contributed by atoms with Gasteiger partial charge in [0.25, 0.3) is 0 Å². The van der Waals surface area contributed by atoms with Gasteiger partial charge in [-0.05, 0) is 117 Å². The van der Waals surface area contributed by atoms with Crippen molar-refractivity contribution in [3.8, 4) is 11.5 Å². The van der Waals surface area contributed by atoms with Gasteiger partial charge in [-0.25, -0.2) is 0 Å². The number of benzene rings is 1. The molecule has 0 heterocycles. The molecule has 3 heteroatoms. The van der Waals surface area contributed by atoms with Crippen LogP contribution < -0.4 is 0 Å². The summed E-state index contributed by atoms with van der Waals surface area (Å²) in [5.41, 5.74) is 5.79. The zero-order valence-electron chi connectivity index (χ0n) is 20.8. The van der Waals surface area contributed by atoms with Crippen LogP contribution in [0.15, 0.2) is 41.0 Å². The molecule has 1 unspecified atom stereocenters. The highest BCUT2D eigenvalue weighted by Crippen LogP contribution is 2.35. The lowest BCUT2D eigenvalue weighted by atomic mass is 9.89.